The predicted octanol–water partition coefficient (Wildman–Crippen LogP) is 1.20. The second kappa shape index (κ2) is 3.86. The molecule has 1 unspecified atom stereocenters. The Morgan fingerprint density at radius 2 is 2.25 bits per heavy atom. The first-order chi connectivity index (χ1) is 7.49. The van der Waals surface area contributed by atoms with E-state index in [9.17, 15) is 9.59 Å². The topological polar surface area (TPSA) is 70.5 Å². The van der Waals surface area contributed by atoms with Crippen molar-refractivity contribution in [3.8, 4) is 0 Å². The first-order valence-corrected chi connectivity index (χ1v) is 5.78. The van der Waals surface area contributed by atoms with E-state index in [0.29, 0.717) is 5.13 Å². The number of hydrogen-bond donors (Lipinski definition) is 1. The van der Waals surface area contributed by atoms with Gasteiger partial charge in [-0.25, -0.2) is 4.98 Å². The molecular weight excluding hydrogens is 228 g/mol. The number of aryl methyl sites for hydroxylation is 2. The molecule has 0 radical (unpaired) electrons. The quantitative estimate of drug-likeness (QED) is 0.843. The zero-order chi connectivity index (χ0) is 11.9. The van der Waals surface area contributed by atoms with Crippen LogP contribution in [0.2, 0.25) is 0 Å². The standard InChI is InChI=1S/C10H12N2O3S/c1-5-6(2)16-10(11-5)12-4-7(9(14)15)3-8(12)13/h7H,3-4H2,1-2H3,(H,14,15). The van der Waals surface area contributed by atoms with Crippen molar-refractivity contribution >= 4 is 28.3 Å². The summed E-state index contributed by atoms with van der Waals surface area (Å²) in [5, 5.41) is 9.47. The number of nitrogens with zero attached hydrogens (tertiary/aromatic N) is 2. The van der Waals surface area contributed by atoms with Crippen LogP contribution in [0, 0.1) is 19.8 Å². The zero-order valence-electron chi connectivity index (χ0n) is 9.06. The van der Waals surface area contributed by atoms with Crippen LogP contribution in [0.3, 0.4) is 0 Å². The second-order valence-corrected chi connectivity index (χ2v) is 5.06. The number of anilines is 1. The van der Waals surface area contributed by atoms with Gasteiger partial charge in [0.15, 0.2) is 5.13 Å². The largest absolute Gasteiger partial charge is 0.481 e. The van der Waals surface area contributed by atoms with Crippen LogP contribution in [0.1, 0.15) is 17.0 Å². The van der Waals surface area contributed by atoms with E-state index < -0.39 is 11.9 Å². The van der Waals surface area contributed by atoms with E-state index in [-0.39, 0.29) is 18.9 Å². The molecule has 1 amide bonds. The van der Waals surface area contributed by atoms with Crippen molar-refractivity contribution in [2.24, 2.45) is 5.92 Å². The van der Waals surface area contributed by atoms with Gasteiger partial charge in [-0.1, -0.05) is 0 Å². The molecule has 1 aromatic heterocycles. The van der Waals surface area contributed by atoms with Crippen LogP contribution in [-0.4, -0.2) is 28.5 Å². The third-order valence-corrected chi connectivity index (χ3v) is 3.82. The fourth-order valence-electron chi connectivity index (χ4n) is 1.63. The van der Waals surface area contributed by atoms with Crippen LogP contribution in [0.4, 0.5) is 5.13 Å². The highest BCUT2D eigenvalue weighted by Crippen LogP contribution is 2.30. The predicted molar refractivity (Wildman–Crippen MR) is 59.7 cm³/mol. The summed E-state index contributed by atoms with van der Waals surface area (Å²) in [6.07, 6.45) is 0.0764. The molecule has 1 aliphatic rings. The lowest BCUT2D eigenvalue weighted by Gasteiger charge is -2.11. The Kier molecular flexibility index (Phi) is 2.67. The maximum absolute atomic E-state index is 11.6. The molecule has 0 aliphatic carbocycles. The Bertz CT molecular complexity index is 435. The van der Waals surface area contributed by atoms with Crippen LogP contribution in [0.15, 0.2) is 0 Å². The molecule has 2 heterocycles. The fraction of sp³-hybridized carbons (Fsp3) is 0.500. The van der Waals surface area contributed by atoms with Gasteiger partial charge in [0, 0.05) is 17.8 Å². The second-order valence-electron chi connectivity index (χ2n) is 3.88. The van der Waals surface area contributed by atoms with E-state index in [2.05, 4.69) is 4.98 Å². The summed E-state index contributed by atoms with van der Waals surface area (Å²) in [4.78, 5) is 29.2. The summed E-state index contributed by atoms with van der Waals surface area (Å²) >= 11 is 1.43. The lowest BCUT2D eigenvalue weighted by molar-refractivity contribution is -0.141. The molecule has 0 spiro atoms. The summed E-state index contributed by atoms with van der Waals surface area (Å²) in [6.45, 7) is 4.05. The number of carbonyl (C=O) groups excluding carboxylic acids is 1. The minimum absolute atomic E-state index is 0.0764. The number of rotatable bonds is 2. The van der Waals surface area contributed by atoms with Crippen LogP contribution >= 0.6 is 11.3 Å². The van der Waals surface area contributed by atoms with Crippen molar-refractivity contribution in [2.45, 2.75) is 20.3 Å². The van der Waals surface area contributed by atoms with Gasteiger partial charge in [0.25, 0.3) is 0 Å². The fourth-order valence-corrected chi connectivity index (χ4v) is 2.57. The lowest BCUT2D eigenvalue weighted by atomic mass is 10.1. The maximum atomic E-state index is 11.6. The van der Waals surface area contributed by atoms with Crippen molar-refractivity contribution in [3.63, 3.8) is 0 Å². The number of amides is 1. The van der Waals surface area contributed by atoms with Gasteiger partial charge in [-0.15, -0.1) is 11.3 Å². The van der Waals surface area contributed by atoms with Crippen molar-refractivity contribution in [3.05, 3.63) is 10.6 Å². The maximum Gasteiger partial charge on any atom is 0.308 e. The molecular formula is C10H12N2O3S. The molecule has 1 aliphatic heterocycles. The van der Waals surface area contributed by atoms with Gasteiger partial charge in [-0.05, 0) is 13.8 Å². The Labute approximate surface area is 96.7 Å². The molecule has 86 valence electrons. The van der Waals surface area contributed by atoms with Crippen LogP contribution < -0.4 is 4.90 Å². The van der Waals surface area contributed by atoms with E-state index in [1.807, 2.05) is 13.8 Å². The van der Waals surface area contributed by atoms with Gasteiger partial charge in [0.1, 0.15) is 0 Å². The van der Waals surface area contributed by atoms with Gasteiger partial charge >= 0.3 is 5.97 Å². The Hall–Kier alpha value is -1.43. The molecule has 0 saturated carbocycles. The summed E-state index contributed by atoms with van der Waals surface area (Å²) in [6, 6.07) is 0. The summed E-state index contributed by atoms with van der Waals surface area (Å²) < 4.78 is 0. The zero-order valence-corrected chi connectivity index (χ0v) is 9.87. The highest BCUT2D eigenvalue weighted by atomic mass is 32.1. The number of carboxylic acid groups (broad SMARTS) is 1. The Balaban J connectivity index is 2.23. The molecule has 1 fully saturated rings. The lowest BCUT2D eigenvalue weighted by Crippen LogP contribution is -2.25. The average molecular weight is 240 g/mol. The van der Waals surface area contributed by atoms with Gasteiger partial charge in [-0.3, -0.25) is 14.5 Å². The summed E-state index contributed by atoms with van der Waals surface area (Å²) in [7, 11) is 0. The molecule has 1 atom stereocenters. The number of hydrogen-bond acceptors (Lipinski definition) is 4. The van der Waals surface area contributed by atoms with E-state index in [4.69, 9.17) is 5.11 Å². The van der Waals surface area contributed by atoms with Gasteiger partial charge in [0.05, 0.1) is 11.6 Å². The molecule has 1 saturated heterocycles. The molecule has 16 heavy (non-hydrogen) atoms. The SMILES string of the molecule is Cc1nc(N2CC(C(=O)O)CC2=O)sc1C. The number of aromatic nitrogens is 1. The van der Waals surface area contributed by atoms with Crippen molar-refractivity contribution < 1.29 is 14.7 Å². The minimum atomic E-state index is -0.916. The number of thiazole rings is 1. The molecule has 2 rings (SSSR count). The minimum Gasteiger partial charge on any atom is -0.481 e. The van der Waals surface area contributed by atoms with Crippen LogP contribution in [0.25, 0.3) is 0 Å². The Morgan fingerprint density at radius 3 is 2.69 bits per heavy atom. The molecule has 0 aromatic carbocycles. The average Bonchev–Trinajstić information content (AvgIpc) is 2.72. The van der Waals surface area contributed by atoms with E-state index in [1.165, 1.54) is 16.2 Å². The first kappa shape index (κ1) is 11.1. The van der Waals surface area contributed by atoms with Gasteiger partial charge < -0.3 is 5.11 Å². The van der Waals surface area contributed by atoms with E-state index in [1.54, 1.807) is 0 Å². The van der Waals surface area contributed by atoms with Crippen molar-refractivity contribution in [1.82, 2.24) is 4.98 Å². The monoisotopic (exact) mass is 240 g/mol. The molecule has 0 bridgehead atoms. The smallest absolute Gasteiger partial charge is 0.308 e. The van der Waals surface area contributed by atoms with Gasteiger partial charge in [-0.2, -0.15) is 0 Å². The first-order valence-electron chi connectivity index (χ1n) is 4.96. The van der Waals surface area contributed by atoms with Crippen molar-refractivity contribution in [2.75, 3.05) is 11.4 Å². The van der Waals surface area contributed by atoms with Gasteiger partial charge in [0.2, 0.25) is 5.91 Å². The summed E-state index contributed by atoms with van der Waals surface area (Å²) in [5.74, 6) is -1.67. The van der Waals surface area contributed by atoms with E-state index >= 15 is 0 Å². The molecule has 5 nitrogen and oxygen atoms in total. The number of carbonyl (C=O) groups is 2. The van der Waals surface area contributed by atoms with E-state index in [0.717, 1.165) is 10.6 Å². The Morgan fingerprint density at radius 1 is 1.56 bits per heavy atom. The van der Waals surface area contributed by atoms with Crippen LogP contribution in [0.5, 0.6) is 0 Å². The van der Waals surface area contributed by atoms with Crippen LogP contribution in [-0.2, 0) is 9.59 Å². The highest BCUT2D eigenvalue weighted by molar-refractivity contribution is 7.15. The third kappa shape index (κ3) is 1.80. The molecule has 6 heteroatoms. The van der Waals surface area contributed by atoms with Crippen molar-refractivity contribution in [1.29, 1.82) is 0 Å². The molecule has 1 N–H and O–H groups in total. The summed E-state index contributed by atoms with van der Waals surface area (Å²) in [5.41, 5.74) is 0.895. The molecule has 1 aromatic rings. The third-order valence-electron chi connectivity index (χ3n) is 2.72. The number of carboxylic acids is 1. The normalized spacial score (nSPS) is 20.5. The number of aliphatic carboxylic acids is 1. The highest BCUT2D eigenvalue weighted by Gasteiger charge is 2.36.